The Morgan fingerprint density at radius 2 is 1.35 bits per heavy atom. The van der Waals surface area contributed by atoms with Crippen LogP contribution in [0.1, 0.15) is 52.4 Å². The highest BCUT2D eigenvalue weighted by Crippen LogP contribution is 2.42. The van der Waals surface area contributed by atoms with Crippen LogP contribution in [0.25, 0.3) is 0 Å². The van der Waals surface area contributed by atoms with Crippen molar-refractivity contribution < 1.29 is 4.80 Å². The molecule has 1 aliphatic carbocycles. The van der Waals surface area contributed by atoms with E-state index in [9.17, 15) is 4.80 Å². The first-order valence-corrected chi connectivity index (χ1v) is 12.0. The van der Waals surface area contributed by atoms with Crippen LogP contribution in [0.5, 0.6) is 0 Å². The van der Waals surface area contributed by atoms with Gasteiger partial charge in [0.25, 0.3) is 8.32 Å². The van der Waals surface area contributed by atoms with E-state index in [1.54, 1.807) is 0 Å². The highest BCUT2D eigenvalue weighted by atomic mass is 28.4. The fraction of sp³-hybridized carbons (Fsp3) is 0.478. The lowest BCUT2D eigenvalue weighted by Crippen LogP contribution is -2.65. The maximum atomic E-state index is 12.2. The van der Waals surface area contributed by atoms with Crippen molar-refractivity contribution in [1.82, 2.24) is 0 Å². The Hall–Kier alpha value is -1.42. The molecule has 1 aliphatic rings. The van der Waals surface area contributed by atoms with Gasteiger partial charge in [-0.25, -0.2) is 0 Å². The van der Waals surface area contributed by atoms with Gasteiger partial charge in [-0.2, -0.15) is 0 Å². The van der Waals surface area contributed by atoms with Crippen LogP contribution in [0.4, 0.5) is 0 Å². The van der Waals surface area contributed by atoms with Crippen molar-refractivity contribution in [2.45, 2.75) is 63.5 Å². The molecule has 0 atom stereocenters. The summed E-state index contributed by atoms with van der Waals surface area (Å²) in [5.41, 5.74) is 6.07. The number of nitrogens with two attached hydrogens (primary N) is 1. The lowest BCUT2D eigenvalue weighted by molar-refractivity contribution is 0.291. The molecule has 0 spiro atoms. The zero-order chi connectivity index (χ0) is 18.6. The van der Waals surface area contributed by atoms with Crippen LogP contribution in [0.3, 0.4) is 0 Å². The van der Waals surface area contributed by atoms with Gasteiger partial charge in [0.15, 0.2) is 0 Å². The first-order valence-electron chi connectivity index (χ1n) is 10.0. The van der Waals surface area contributed by atoms with Gasteiger partial charge < -0.3 is 10.5 Å². The van der Waals surface area contributed by atoms with Crippen LogP contribution in [0.2, 0.25) is 5.04 Å². The maximum absolute atomic E-state index is 12.2. The Kier molecular flexibility index (Phi) is 6.01. The first-order chi connectivity index (χ1) is 12.4. The topological polar surface area (TPSA) is 46.2 Å². The highest BCUT2D eigenvalue weighted by molar-refractivity contribution is 6.98. The second-order valence-electron chi connectivity index (χ2n) is 8.65. The summed E-state index contributed by atoms with van der Waals surface area (Å²) in [5, 5.41) is 2.10. The molecule has 2 aromatic carbocycles. The highest BCUT2D eigenvalue weighted by Gasteiger charge is 2.49. The number of hydrogen-bond donors (Lipinski definition) is 2. The van der Waals surface area contributed by atoms with Crippen LogP contribution in [-0.2, 0) is 0 Å². The zero-order valence-corrected chi connectivity index (χ0v) is 17.2. The van der Waals surface area contributed by atoms with Crippen molar-refractivity contribution in [3.63, 3.8) is 0 Å². The molecular formula is C23H33NOSi. The summed E-state index contributed by atoms with van der Waals surface area (Å²) >= 11 is 0. The molecule has 0 heterocycles. The quantitative estimate of drug-likeness (QED) is 0.763. The van der Waals surface area contributed by atoms with Gasteiger partial charge in [-0.15, -0.1) is 0 Å². The van der Waals surface area contributed by atoms with Crippen LogP contribution < -0.4 is 16.1 Å². The monoisotopic (exact) mass is 367 g/mol. The first kappa shape index (κ1) is 19.3. The molecule has 0 aliphatic heterocycles. The van der Waals surface area contributed by atoms with E-state index in [1.165, 1.54) is 19.3 Å². The third-order valence-corrected chi connectivity index (χ3v) is 11.0. The fourth-order valence-corrected chi connectivity index (χ4v) is 8.28. The molecule has 3 heteroatoms. The normalized spacial score (nSPS) is 21.5. The second-order valence-corrected chi connectivity index (χ2v) is 12.6. The SMILES string of the molecule is CC(C)(CC[C@H]1CC[C@H](N)CC1)[Si](O)(c1ccccc1)c1ccccc1. The molecule has 0 aromatic heterocycles. The smallest absolute Gasteiger partial charge is 0.258 e. The summed E-state index contributed by atoms with van der Waals surface area (Å²) in [6, 6.07) is 21.1. The van der Waals surface area contributed by atoms with Gasteiger partial charge in [0.1, 0.15) is 0 Å². The average Bonchev–Trinajstić information content (AvgIpc) is 2.68. The van der Waals surface area contributed by atoms with Crippen molar-refractivity contribution in [3.05, 3.63) is 60.7 Å². The summed E-state index contributed by atoms with van der Waals surface area (Å²) in [5.74, 6) is 0.763. The molecule has 0 radical (unpaired) electrons. The third-order valence-electron chi connectivity index (χ3n) is 6.43. The van der Waals surface area contributed by atoms with Gasteiger partial charge >= 0.3 is 0 Å². The van der Waals surface area contributed by atoms with E-state index in [0.717, 1.165) is 35.6 Å². The lowest BCUT2D eigenvalue weighted by atomic mass is 9.82. The Bertz CT molecular complexity index is 638. The minimum absolute atomic E-state index is 0.130. The Morgan fingerprint density at radius 1 is 0.885 bits per heavy atom. The Labute approximate surface area is 159 Å². The van der Waals surface area contributed by atoms with Crippen LogP contribution in [0.15, 0.2) is 60.7 Å². The van der Waals surface area contributed by atoms with E-state index >= 15 is 0 Å². The molecule has 0 unspecified atom stereocenters. The molecule has 0 amide bonds. The fourth-order valence-electron chi connectivity index (χ4n) is 4.53. The molecule has 3 N–H and O–H groups in total. The van der Waals surface area contributed by atoms with E-state index in [4.69, 9.17) is 5.73 Å². The average molecular weight is 368 g/mol. The van der Waals surface area contributed by atoms with Crippen molar-refractivity contribution in [3.8, 4) is 0 Å². The Balaban J connectivity index is 1.86. The summed E-state index contributed by atoms with van der Waals surface area (Å²) in [4.78, 5) is 12.2. The van der Waals surface area contributed by atoms with Crippen molar-refractivity contribution in [2.24, 2.45) is 11.7 Å². The minimum Gasteiger partial charge on any atom is -0.424 e. The van der Waals surface area contributed by atoms with Crippen LogP contribution in [0, 0.1) is 5.92 Å². The number of rotatable bonds is 6. The molecular weight excluding hydrogens is 334 g/mol. The molecule has 0 saturated heterocycles. The van der Waals surface area contributed by atoms with E-state index in [-0.39, 0.29) is 5.04 Å². The van der Waals surface area contributed by atoms with Gasteiger partial charge in [0, 0.05) is 6.04 Å². The predicted molar refractivity (Wildman–Crippen MR) is 113 cm³/mol. The molecule has 140 valence electrons. The third kappa shape index (κ3) is 3.95. The Morgan fingerprint density at radius 3 is 1.81 bits per heavy atom. The van der Waals surface area contributed by atoms with Crippen LogP contribution >= 0.6 is 0 Å². The largest absolute Gasteiger partial charge is 0.424 e. The van der Waals surface area contributed by atoms with Crippen molar-refractivity contribution in [1.29, 1.82) is 0 Å². The summed E-state index contributed by atoms with van der Waals surface area (Å²) in [6.07, 6.45) is 7.05. The summed E-state index contributed by atoms with van der Waals surface area (Å²) in [7, 11) is -2.85. The molecule has 1 saturated carbocycles. The van der Waals surface area contributed by atoms with E-state index < -0.39 is 8.32 Å². The van der Waals surface area contributed by atoms with E-state index in [0.29, 0.717) is 6.04 Å². The van der Waals surface area contributed by atoms with Crippen LogP contribution in [-0.4, -0.2) is 19.2 Å². The molecule has 2 aromatic rings. The van der Waals surface area contributed by atoms with Gasteiger partial charge in [-0.3, -0.25) is 0 Å². The van der Waals surface area contributed by atoms with Gasteiger partial charge in [0.2, 0.25) is 0 Å². The summed E-state index contributed by atoms with van der Waals surface area (Å²) < 4.78 is 0. The number of benzene rings is 2. The molecule has 0 bridgehead atoms. The standard InChI is InChI=1S/C23H33NOSi/c1-23(2,18-17-19-13-15-20(24)16-14-19)26(25,21-9-5-3-6-10-21)22-11-7-4-8-12-22/h3-12,19-20,25H,13-18,24H2,1-2H3/t19-,20-. The molecule has 1 fully saturated rings. The minimum atomic E-state index is -2.85. The zero-order valence-electron chi connectivity index (χ0n) is 16.2. The molecule has 3 rings (SSSR count). The van der Waals surface area contributed by atoms with E-state index in [2.05, 4.69) is 62.4 Å². The lowest BCUT2D eigenvalue weighted by Gasteiger charge is -2.42. The van der Waals surface area contributed by atoms with Gasteiger partial charge in [0.05, 0.1) is 0 Å². The molecule has 2 nitrogen and oxygen atoms in total. The summed E-state index contributed by atoms with van der Waals surface area (Å²) in [6.45, 7) is 4.54. The van der Waals surface area contributed by atoms with E-state index in [1.807, 2.05) is 12.1 Å². The van der Waals surface area contributed by atoms with Gasteiger partial charge in [-0.05, 0) is 53.4 Å². The van der Waals surface area contributed by atoms with Crippen molar-refractivity contribution in [2.75, 3.05) is 0 Å². The maximum Gasteiger partial charge on any atom is 0.258 e. The van der Waals surface area contributed by atoms with Gasteiger partial charge in [-0.1, -0.05) is 80.9 Å². The predicted octanol–water partition coefficient (Wildman–Crippen LogP) is 3.82. The number of hydrogen-bond acceptors (Lipinski definition) is 2. The second kappa shape index (κ2) is 8.08. The molecule has 26 heavy (non-hydrogen) atoms. The van der Waals surface area contributed by atoms with Crippen molar-refractivity contribution >= 4 is 18.7 Å².